The molecule has 0 amide bonds. The van der Waals surface area contributed by atoms with E-state index in [-0.39, 0.29) is 29.6 Å². The largest absolute Gasteiger partial charge is 0.459 e. The van der Waals surface area contributed by atoms with E-state index in [4.69, 9.17) is 9.84 Å². The van der Waals surface area contributed by atoms with E-state index in [1.54, 1.807) is 0 Å². The maximum absolute atomic E-state index is 12.2. The Bertz CT molecular complexity index is 445. The maximum atomic E-state index is 12.2. The standard InChI is InChI=1S/C14H18O6/c15-5-11(16)19-6-12(17)20-14-9-2-7-1-8(4-9)13(18)10(14)3-7/h7-10,14-15H,1-6H2/t7?,8?,9?,10?,14-/m0/s1. The highest BCUT2D eigenvalue weighted by Gasteiger charge is 2.54. The molecule has 0 aromatic rings. The minimum atomic E-state index is -0.858. The summed E-state index contributed by atoms with van der Waals surface area (Å²) in [6.07, 6.45) is 3.31. The molecular formula is C14H18O6. The second-order valence-electron chi connectivity index (χ2n) is 6.05. The van der Waals surface area contributed by atoms with E-state index in [9.17, 15) is 14.4 Å². The van der Waals surface area contributed by atoms with Crippen molar-refractivity contribution < 1.29 is 29.0 Å². The van der Waals surface area contributed by atoms with Crippen molar-refractivity contribution in [3.63, 3.8) is 0 Å². The fourth-order valence-corrected chi connectivity index (χ4v) is 4.13. The Labute approximate surface area is 116 Å². The van der Waals surface area contributed by atoms with Gasteiger partial charge in [-0.15, -0.1) is 0 Å². The van der Waals surface area contributed by atoms with Crippen LogP contribution in [0.4, 0.5) is 0 Å². The normalized spacial score (nSPS) is 37.9. The Morgan fingerprint density at radius 3 is 2.70 bits per heavy atom. The number of hydrogen-bond donors (Lipinski definition) is 1. The van der Waals surface area contributed by atoms with Gasteiger partial charge >= 0.3 is 11.9 Å². The van der Waals surface area contributed by atoms with Crippen LogP contribution in [0.15, 0.2) is 0 Å². The van der Waals surface area contributed by atoms with Gasteiger partial charge in [-0.3, -0.25) is 4.79 Å². The Kier molecular flexibility index (Phi) is 3.50. The summed E-state index contributed by atoms with van der Waals surface area (Å²) in [6, 6.07) is 0. The first kappa shape index (κ1) is 13.5. The third-order valence-electron chi connectivity index (χ3n) is 4.81. The maximum Gasteiger partial charge on any atom is 0.344 e. The molecule has 5 atom stereocenters. The van der Waals surface area contributed by atoms with Gasteiger partial charge in [0.25, 0.3) is 0 Å². The monoisotopic (exact) mass is 282 g/mol. The second-order valence-corrected chi connectivity index (χ2v) is 6.05. The van der Waals surface area contributed by atoms with Crippen molar-refractivity contribution in [2.45, 2.75) is 31.8 Å². The highest BCUT2D eigenvalue weighted by molar-refractivity contribution is 5.86. The number of aliphatic hydroxyl groups excluding tert-OH is 1. The van der Waals surface area contributed by atoms with Crippen molar-refractivity contribution >= 4 is 17.7 Å². The molecule has 1 N–H and O–H groups in total. The third kappa shape index (κ3) is 2.32. The zero-order chi connectivity index (χ0) is 14.3. The molecule has 0 aliphatic heterocycles. The third-order valence-corrected chi connectivity index (χ3v) is 4.81. The van der Waals surface area contributed by atoms with Crippen molar-refractivity contribution in [2.75, 3.05) is 13.2 Å². The molecule has 0 heterocycles. The van der Waals surface area contributed by atoms with Crippen LogP contribution < -0.4 is 0 Å². The highest BCUT2D eigenvalue weighted by Crippen LogP contribution is 2.52. The molecule has 4 saturated carbocycles. The fourth-order valence-electron chi connectivity index (χ4n) is 4.13. The van der Waals surface area contributed by atoms with Gasteiger partial charge in [0.2, 0.25) is 0 Å². The molecule has 0 radical (unpaired) electrons. The number of ether oxygens (including phenoxy) is 2. The first-order chi connectivity index (χ1) is 9.58. The van der Waals surface area contributed by atoms with Crippen molar-refractivity contribution in [1.29, 1.82) is 0 Å². The summed E-state index contributed by atoms with van der Waals surface area (Å²) in [6.45, 7) is -1.26. The predicted molar refractivity (Wildman–Crippen MR) is 65.4 cm³/mol. The zero-order valence-electron chi connectivity index (χ0n) is 11.1. The minimum Gasteiger partial charge on any atom is -0.459 e. The summed E-state index contributed by atoms with van der Waals surface area (Å²) < 4.78 is 9.90. The lowest BCUT2D eigenvalue weighted by atomic mass is 9.54. The van der Waals surface area contributed by atoms with Gasteiger partial charge in [0.15, 0.2) is 6.61 Å². The Morgan fingerprint density at radius 1 is 1.15 bits per heavy atom. The number of rotatable bonds is 4. The number of Topliss-reactive ketones (excluding diaryl/α,β-unsaturated/α-hetero) is 1. The molecule has 4 aliphatic rings. The average molecular weight is 282 g/mol. The van der Waals surface area contributed by atoms with E-state index in [0.29, 0.717) is 5.92 Å². The van der Waals surface area contributed by atoms with Gasteiger partial charge in [-0.1, -0.05) is 0 Å². The molecule has 0 saturated heterocycles. The van der Waals surface area contributed by atoms with Crippen LogP contribution in [-0.4, -0.2) is 42.1 Å². The van der Waals surface area contributed by atoms with Gasteiger partial charge in [0.1, 0.15) is 18.5 Å². The number of ketones is 1. The molecule has 4 bridgehead atoms. The van der Waals surface area contributed by atoms with Crippen LogP contribution in [0.25, 0.3) is 0 Å². The summed E-state index contributed by atoms with van der Waals surface area (Å²) in [5.74, 6) is -0.387. The second kappa shape index (κ2) is 5.16. The molecule has 4 aliphatic carbocycles. The van der Waals surface area contributed by atoms with Crippen LogP contribution in [0, 0.1) is 23.7 Å². The summed E-state index contributed by atoms with van der Waals surface area (Å²) in [5, 5.41) is 8.50. The van der Waals surface area contributed by atoms with Crippen LogP contribution in [0.3, 0.4) is 0 Å². The van der Waals surface area contributed by atoms with Crippen molar-refractivity contribution in [2.24, 2.45) is 23.7 Å². The minimum absolute atomic E-state index is 0.163. The van der Waals surface area contributed by atoms with Crippen LogP contribution in [-0.2, 0) is 23.9 Å². The van der Waals surface area contributed by atoms with Crippen molar-refractivity contribution in [3.05, 3.63) is 0 Å². The number of hydrogen-bond acceptors (Lipinski definition) is 6. The highest BCUT2D eigenvalue weighted by atomic mass is 16.6. The Hall–Kier alpha value is -1.43. The molecule has 110 valence electrons. The molecule has 6 nitrogen and oxygen atoms in total. The molecule has 0 spiro atoms. The van der Waals surface area contributed by atoms with Gasteiger partial charge in [0.05, 0.1) is 5.92 Å². The first-order valence-electron chi connectivity index (χ1n) is 7.08. The van der Waals surface area contributed by atoms with E-state index in [1.807, 2.05) is 0 Å². The Morgan fingerprint density at radius 2 is 1.95 bits per heavy atom. The van der Waals surface area contributed by atoms with E-state index in [2.05, 4.69) is 4.74 Å². The van der Waals surface area contributed by atoms with Crippen LogP contribution in [0.5, 0.6) is 0 Å². The molecule has 6 heteroatoms. The lowest BCUT2D eigenvalue weighted by Crippen LogP contribution is -2.55. The molecule has 4 rings (SSSR count). The predicted octanol–water partition coefficient (Wildman–Crippen LogP) is 0.0688. The number of carbonyl (C=O) groups excluding carboxylic acids is 3. The molecule has 20 heavy (non-hydrogen) atoms. The van der Waals surface area contributed by atoms with Gasteiger partial charge in [-0.05, 0) is 37.5 Å². The van der Waals surface area contributed by atoms with Crippen molar-refractivity contribution in [3.8, 4) is 0 Å². The fraction of sp³-hybridized carbons (Fsp3) is 0.786. The molecule has 4 fully saturated rings. The molecule has 0 aromatic heterocycles. The smallest absolute Gasteiger partial charge is 0.344 e. The van der Waals surface area contributed by atoms with Crippen LogP contribution >= 0.6 is 0 Å². The van der Waals surface area contributed by atoms with E-state index in [1.165, 1.54) is 0 Å². The summed E-state index contributed by atoms with van der Waals surface area (Å²) in [4.78, 5) is 34.6. The zero-order valence-corrected chi connectivity index (χ0v) is 11.1. The van der Waals surface area contributed by atoms with Gasteiger partial charge in [0, 0.05) is 5.92 Å². The first-order valence-corrected chi connectivity index (χ1v) is 7.08. The Balaban J connectivity index is 1.59. The van der Waals surface area contributed by atoms with E-state index in [0.717, 1.165) is 25.7 Å². The SMILES string of the molecule is O=C(CO)OCC(=O)O[C@H]1C2CC3CC(C2)C(=O)C1C3. The summed E-state index contributed by atoms with van der Waals surface area (Å²) >= 11 is 0. The number of aliphatic hydroxyl groups is 1. The average Bonchev–Trinajstić information content (AvgIpc) is 2.44. The lowest BCUT2D eigenvalue weighted by molar-refractivity contribution is -0.181. The lowest BCUT2D eigenvalue weighted by Gasteiger charge is -2.52. The molecular weight excluding hydrogens is 264 g/mol. The van der Waals surface area contributed by atoms with E-state index >= 15 is 0 Å². The van der Waals surface area contributed by atoms with Crippen LogP contribution in [0.1, 0.15) is 25.7 Å². The van der Waals surface area contributed by atoms with Crippen LogP contribution in [0.2, 0.25) is 0 Å². The topological polar surface area (TPSA) is 89.9 Å². The quantitative estimate of drug-likeness (QED) is 0.734. The summed E-state index contributed by atoms with van der Waals surface area (Å²) in [7, 11) is 0. The van der Waals surface area contributed by atoms with Crippen molar-refractivity contribution in [1.82, 2.24) is 0 Å². The van der Waals surface area contributed by atoms with Gasteiger partial charge < -0.3 is 14.6 Å². The van der Waals surface area contributed by atoms with E-state index < -0.39 is 25.2 Å². The molecule has 4 unspecified atom stereocenters. The van der Waals surface area contributed by atoms with Gasteiger partial charge in [-0.2, -0.15) is 0 Å². The number of esters is 2. The number of carbonyl (C=O) groups is 3. The summed E-state index contributed by atoms with van der Waals surface area (Å²) in [5.41, 5.74) is 0. The molecule has 0 aromatic carbocycles. The van der Waals surface area contributed by atoms with Gasteiger partial charge in [-0.25, -0.2) is 9.59 Å².